The number of benzene rings is 1. The average Bonchev–Trinajstić information content (AvgIpc) is 3.36. The molecule has 9 nitrogen and oxygen atoms in total. The second kappa shape index (κ2) is 7.94. The zero-order valence-electron chi connectivity index (χ0n) is 17.3. The van der Waals surface area contributed by atoms with Crippen molar-refractivity contribution < 1.29 is 14.2 Å². The summed E-state index contributed by atoms with van der Waals surface area (Å²) in [4.78, 5) is 19.9. The van der Waals surface area contributed by atoms with Crippen LogP contribution in [0, 0.1) is 6.92 Å². The molecule has 0 bridgehead atoms. The lowest BCUT2D eigenvalue weighted by Crippen LogP contribution is -2.31. The summed E-state index contributed by atoms with van der Waals surface area (Å²) >= 11 is 0. The van der Waals surface area contributed by atoms with Crippen molar-refractivity contribution >= 4 is 16.9 Å². The number of methoxy groups -OCH3 is 1. The van der Waals surface area contributed by atoms with Crippen molar-refractivity contribution in [1.29, 1.82) is 0 Å². The Bertz CT molecular complexity index is 1200. The number of hydrogen-bond donors (Lipinski definition) is 0. The molecule has 4 rings (SSSR count). The topological polar surface area (TPSA) is 99.2 Å². The van der Waals surface area contributed by atoms with E-state index in [-0.39, 0.29) is 5.91 Å². The minimum atomic E-state index is -0.130. The number of fused-ring (bicyclic) bond motifs is 1. The van der Waals surface area contributed by atoms with Crippen LogP contribution in [-0.2, 0) is 13.6 Å². The van der Waals surface area contributed by atoms with Gasteiger partial charge in [-0.2, -0.15) is 5.10 Å². The van der Waals surface area contributed by atoms with Gasteiger partial charge in [-0.15, -0.1) is 0 Å². The molecule has 0 spiro atoms. The van der Waals surface area contributed by atoms with Crippen molar-refractivity contribution in [2.24, 2.45) is 7.05 Å². The molecule has 0 aliphatic rings. The third kappa shape index (κ3) is 3.49. The van der Waals surface area contributed by atoms with Crippen LogP contribution in [0.15, 0.2) is 41.2 Å². The predicted octanol–water partition coefficient (Wildman–Crippen LogP) is 3.00. The first-order valence-electron chi connectivity index (χ1n) is 9.56. The van der Waals surface area contributed by atoms with Crippen molar-refractivity contribution in [3.05, 3.63) is 53.5 Å². The predicted molar refractivity (Wildman–Crippen MR) is 110 cm³/mol. The maximum atomic E-state index is 13.5. The monoisotopic (exact) mass is 406 g/mol. The standard InChI is InChI=1S/C21H22N6O3/c1-5-27(12-19-13(2)24-30-25-19)21(28)16-10-18(14-6-8-15(29-4)9-7-14)23-20-17(16)11-22-26(20)3/h6-11H,5,12H2,1-4H3. The number of rotatable bonds is 6. The summed E-state index contributed by atoms with van der Waals surface area (Å²) in [5, 5.41) is 12.7. The van der Waals surface area contributed by atoms with Gasteiger partial charge < -0.3 is 9.64 Å². The van der Waals surface area contributed by atoms with Crippen LogP contribution in [0.3, 0.4) is 0 Å². The highest BCUT2D eigenvalue weighted by Gasteiger charge is 2.22. The van der Waals surface area contributed by atoms with Crippen molar-refractivity contribution in [3.8, 4) is 17.0 Å². The molecule has 154 valence electrons. The van der Waals surface area contributed by atoms with Gasteiger partial charge in [0, 0.05) is 19.2 Å². The highest BCUT2D eigenvalue weighted by atomic mass is 16.6. The quantitative estimate of drug-likeness (QED) is 0.485. The third-order valence-electron chi connectivity index (χ3n) is 5.08. The van der Waals surface area contributed by atoms with Crippen LogP contribution in [-0.4, -0.2) is 49.5 Å². The highest BCUT2D eigenvalue weighted by Crippen LogP contribution is 2.27. The first-order chi connectivity index (χ1) is 14.5. The van der Waals surface area contributed by atoms with E-state index in [4.69, 9.17) is 14.3 Å². The number of aromatic nitrogens is 5. The van der Waals surface area contributed by atoms with Crippen molar-refractivity contribution in [2.45, 2.75) is 20.4 Å². The SMILES string of the molecule is CCN(Cc1nonc1C)C(=O)c1cc(-c2ccc(OC)cc2)nc2c1cnn2C. The number of amides is 1. The second-order valence-corrected chi connectivity index (χ2v) is 6.90. The summed E-state index contributed by atoms with van der Waals surface area (Å²) in [6.45, 7) is 4.55. The van der Waals surface area contributed by atoms with E-state index in [1.165, 1.54) is 0 Å². The van der Waals surface area contributed by atoms with Gasteiger partial charge in [0.05, 0.1) is 36.5 Å². The van der Waals surface area contributed by atoms with E-state index >= 15 is 0 Å². The van der Waals surface area contributed by atoms with Gasteiger partial charge in [0.1, 0.15) is 17.1 Å². The van der Waals surface area contributed by atoms with E-state index in [2.05, 4.69) is 15.4 Å². The van der Waals surface area contributed by atoms with E-state index in [0.29, 0.717) is 46.8 Å². The molecule has 4 aromatic rings. The molecule has 3 heterocycles. The third-order valence-corrected chi connectivity index (χ3v) is 5.08. The normalized spacial score (nSPS) is 11.1. The van der Waals surface area contributed by atoms with Crippen molar-refractivity contribution in [1.82, 2.24) is 30.0 Å². The summed E-state index contributed by atoms with van der Waals surface area (Å²) in [5.74, 6) is 0.625. The van der Waals surface area contributed by atoms with Crippen LogP contribution in [0.1, 0.15) is 28.7 Å². The van der Waals surface area contributed by atoms with E-state index in [0.717, 1.165) is 11.3 Å². The Balaban J connectivity index is 1.78. The summed E-state index contributed by atoms with van der Waals surface area (Å²) in [7, 11) is 3.43. The fourth-order valence-corrected chi connectivity index (χ4v) is 3.27. The van der Waals surface area contributed by atoms with E-state index < -0.39 is 0 Å². The second-order valence-electron chi connectivity index (χ2n) is 6.90. The maximum absolute atomic E-state index is 13.5. The number of nitrogens with zero attached hydrogens (tertiary/aromatic N) is 6. The molecule has 0 fully saturated rings. The van der Waals surface area contributed by atoms with Gasteiger partial charge in [-0.3, -0.25) is 9.48 Å². The minimum absolute atomic E-state index is 0.130. The minimum Gasteiger partial charge on any atom is -0.497 e. The lowest BCUT2D eigenvalue weighted by Gasteiger charge is -2.20. The Morgan fingerprint density at radius 2 is 2.00 bits per heavy atom. The molecule has 1 amide bonds. The Morgan fingerprint density at radius 1 is 1.23 bits per heavy atom. The number of pyridine rings is 1. The zero-order chi connectivity index (χ0) is 21.3. The van der Waals surface area contributed by atoms with Crippen LogP contribution < -0.4 is 4.74 Å². The Kier molecular flexibility index (Phi) is 5.18. The van der Waals surface area contributed by atoms with Crippen molar-refractivity contribution in [3.63, 3.8) is 0 Å². The summed E-state index contributed by atoms with van der Waals surface area (Å²) in [6, 6.07) is 9.37. The molecule has 0 unspecified atom stereocenters. The lowest BCUT2D eigenvalue weighted by atomic mass is 10.1. The molecule has 0 N–H and O–H groups in total. The fraction of sp³-hybridized carbons (Fsp3) is 0.286. The molecule has 0 saturated heterocycles. The molecule has 30 heavy (non-hydrogen) atoms. The smallest absolute Gasteiger partial charge is 0.255 e. The van der Waals surface area contributed by atoms with Crippen LogP contribution in [0.2, 0.25) is 0 Å². The number of carbonyl (C=O) groups excluding carboxylic acids is 1. The van der Waals surface area contributed by atoms with Gasteiger partial charge >= 0.3 is 0 Å². The number of carbonyl (C=O) groups is 1. The molecule has 0 atom stereocenters. The molecular weight excluding hydrogens is 384 g/mol. The van der Waals surface area contributed by atoms with Crippen molar-refractivity contribution in [2.75, 3.05) is 13.7 Å². The van der Waals surface area contributed by atoms with Gasteiger partial charge in [-0.05, 0) is 44.2 Å². The van der Waals surface area contributed by atoms with Gasteiger partial charge in [-0.25, -0.2) is 9.61 Å². The number of hydrogen-bond acceptors (Lipinski definition) is 7. The Hall–Kier alpha value is -3.75. The largest absolute Gasteiger partial charge is 0.497 e. The maximum Gasteiger partial charge on any atom is 0.255 e. The van der Waals surface area contributed by atoms with E-state index in [1.807, 2.05) is 44.3 Å². The summed E-state index contributed by atoms with van der Waals surface area (Å²) in [6.07, 6.45) is 1.67. The van der Waals surface area contributed by atoms with E-state index in [9.17, 15) is 4.79 Å². The van der Waals surface area contributed by atoms with Crippen LogP contribution in [0.4, 0.5) is 0 Å². The first kappa shape index (κ1) is 19.6. The van der Waals surface area contributed by atoms with E-state index in [1.54, 1.807) is 29.8 Å². The Labute approximate surface area is 173 Å². The average molecular weight is 406 g/mol. The molecule has 9 heteroatoms. The van der Waals surface area contributed by atoms with Gasteiger partial charge in [0.25, 0.3) is 5.91 Å². The molecule has 0 aliphatic heterocycles. The molecule has 0 saturated carbocycles. The van der Waals surface area contributed by atoms with Gasteiger partial charge in [0.2, 0.25) is 0 Å². The summed E-state index contributed by atoms with van der Waals surface area (Å²) in [5.41, 5.74) is 4.05. The Morgan fingerprint density at radius 3 is 2.63 bits per heavy atom. The lowest BCUT2D eigenvalue weighted by molar-refractivity contribution is 0.0750. The summed E-state index contributed by atoms with van der Waals surface area (Å²) < 4.78 is 11.7. The number of aryl methyl sites for hydroxylation is 2. The molecule has 1 aromatic carbocycles. The van der Waals surface area contributed by atoms with Crippen LogP contribution in [0.25, 0.3) is 22.3 Å². The molecule has 0 aliphatic carbocycles. The number of ether oxygens (including phenoxy) is 1. The van der Waals surface area contributed by atoms with Crippen LogP contribution >= 0.6 is 0 Å². The highest BCUT2D eigenvalue weighted by molar-refractivity contribution is 6.06. The molecule has 3 aromatic heterocycles. The zero-order valence-corrected chi connectivity index (χ0v) is 17.3. The fourth-order valence-electron chi connectivity index (χ4n) is 3.27. The molecule has 0 radical (unpaired) electrons. The first-order valence-corrected chi connectivity index (χ1v) is 9.56. The van der Waals surface area contributed by atoms with Crippen LogP contribution in [0.5, 0.6) is 5.75 Å². The van der Waals surface area contributed by atoms with Gasteiger partial charge in [0.15, 0.2) is 5.65 Å². The van der Waals surface area contributed by atoms with Gasteiger partial charge in [-0.1, -0.05) is 10.3 Å². The molecular formula is C21H22N6O3.